The van der Waals surface area contributed by atoms with Crippen LogP contribution < -0.4 is 9.64 Å². The van der Waals surface area contributed by atoms with E-state index in [1.54, 1.807) is 20.8 Å². The highest BCUT2D eigenvalue weighted by Gasteiger charge is 2.41. The first-order chi connectivity index (χ1) is 16.3. The van der Waals surface area contributed by atoms with E-state index in [0.29, 0.717) is 11.1 Å². The van der Waals surface area contributed by atoms with Gasteiger partial charge < -0.3 is 14.3 Å². The van der Waals surface area contributed by atoms with Crippen LogP contribution in [-0.4, -0.2) is 37.2 Å². The molecule has 1 aliphatic rings. The third-order valence-corrected chi connectivity index (χ3v) is 5.07. The summed E-state index contributed by atoms with van der Waals surface area (Å²) in [4.78, 5) is 18.1. The summed E-state index contributed by atoms with van der Waals surface area (Å²) >= 11 is 0. The molecule has 0 N–H and O–H groups in total. The van der Waals surface area contributed by atoms with Gasteiger partial charge in [-0.2, -0.15) is 22.0 Å². The highest BCUT2D eigenvalue weighted by Crippen LogP contribution is 2.40. The van der Waals surface area contributed by atoms with Crippen molar-refractivity contribution in [2.75, 3.05) is 18.2 Å². The number of nitrogens with zero attached hydrogens (tertiary/aromatic N) is 2. The van der Waals surface area contributed by atoms with Crippen molar-refractivity contribution < 1.29 is 41.1 Å². The summed E-state index contributed by atoms with van der Waals surface area (Å²) in [6.45, 7) is 6.03. The molecule has 0 bridgehead atoms. The maximum absolute atomic E-state index is 14.1. The molecule has 0 fully saturated rings. The van der Waals surface area contributed by atoms with Crippen LogP contribution in [0.2, 0.25) is 0 Å². The maximum atomic E-state index is 14.1. The average molecular weight is 500 g/mol. The Kier molecular flexibility index (Phi) is 7.56. The van der Waals surface area contributed by atoms with Gasteiger partial charge in [0.25, 0.3) is 0 Å². The Hall–Kier alpha value is -3.37. The molecule has 1 aliphatic heterocycles. The van der Waals surface area contributed by atoms with Gasteiger partial charge in [0.15, 0.2) is 12.6 Å². The minimum atomic E-state index is -4.65. The Labute approximate surface area is 199 Å². The molecule has 0 amide bonds. The molecule has 2 aromatic rings. The molecule has 0 atom stereocenters. The number of halogens is 5. The second-order valence-electron chi connectivity index (χ2n) is 8.20. The van der Waals surface area contributed by atoms with Gasteiger partial charge in [0, 0.05) is 17.7 Å². The van der Waals surface area contributed by atoms with Gasteiger partial charge in [-0.3, -0.25) is 4.90 Å². The highest BCUT2D eigenvalue weighted by atomic mass is 19.4. The summed E-state index contributed by atoms with van der Waals surface area (Å²) in [6.07, 6.45) is -5.96. The number of anilines is 1. The lowest BCUT2D eigenvalue weighted by molar-refractivity contribution is -0.171. The number of oxime groups is 1. The molecule has 0 saturated heterocycles. The van der Waals surface area contributed by atoms with Gasteiger partial charge in [0.05, 0.1) is 18.3 Å². The zero-order chi connectivity index (χ0) is 26.0. The first kappa shape index (κ1) is 26.2. The summed E-state index contributed by atoms with van der Waals surface area (Å²) in [6, 6.07) is 8.01. The molecule has 0 spiro atoms. The number of alkyl halides is 5. The van der Waals surface area contributed by atoms with Crippen LogP contribution in [0.5, 0.6) is 5.75 Å². The Morgan fingerprint density at radius 2 is 1.86 bits per heavy atom. The summed E-state index contributed by atoms with van der Waals surface area (Å²) in [7, 11) is 0. The first-order valence-corrected chi connectivity index (χ1v) is 10.8. The summed E-state index contributed by atoms with van der Waals surface area (Å²) in [5, 5.41) is 3.95. The number of amidine groups is 1. The van der Waals surface area contributed by atoms with Gasteiger partial charge in [-0.25, -0.2) is 4.79 Å². The summed E-state index contributed by atoms with van der Waals surface area (Å²) < 4.78 is 79.0. The number of hydrogen-bond donors (Lipinski definition) is 0. The lowest BCUT2D eigenvalue weighted by Gasteiger charge is -2.22. The molecule has 35 heavy (non-hydrogen) atoms. The standard InChI is InChI=1S/C24H25F5N2O4/c1-5-33-22(32)23(25,26)12-16-6-8-18(15(4)10-16)21-30-34-13-31(21)17-7-9-20(35-14(2)3)19(11-17)24(27,28)29/h6-11,14H,5,12-13H2,1-4H3. The lowest BCUT2D eigenvalue weighted by atomic mass is 9.99. The quantitative estimate of drug-likeness (QED) is 0.344. The van der Waals surface area contributed by atoms with E-state index in [9.17, 15) is 26.7 Å². The molecule has 0 saturated carbocycles. The van der Waals surface area contributed by atoms with Crippen LogP contribution in [0.4, 0.5) is 27.6 Å². The third-order valence-electron chi connectivity index (χ3n) is 5.07. The third kappa shape index (κ3) is 6.01. The zero-order valence-electron chi connectivity index (χ0n) is 19.6. The van der Waals surface area contributed by atoms with Crippen LogP contribution >= 0.6 is 0 Å². The molecule has 0 radical (unpaired) electrons. The maximum Gasteiger partial charge on any atom is 0.420 e. The van der Waals surface area contributed by atoms with E-state index in [2.05, 4.69) is 9.89 Å². The van der Waals surface area contributed by atoms with Crippen LogP contribution in [0.25, 0.3) is 0 Å². The average Bonchev–Trinajstić information content (AvgIpc) is 3.22. The monoisotopic (exact) mass is 500 g/mol. The van der Waals surface area contributed by atoms with Gasteiger partial charge in [-0.1, -0.05) is 23.4 Å². The van der Waals surface area contributed by atoms with Crippen LogP contribution in [0.15, 0.2) is 41.6 Å². The van der Waals surface area contributed by atoms with Crippen molar-refractivity contribution in [3.05, 3.63) is 58.7 Å². The van der Waals surface area contributed by atoms with Crippen LogP contribution in [0.3, 0.4) is 0 Å². The van der Waals surface area contributed by atoms with E-state index >= 15 is 0 Å². The molecule has 11 heteroatoms. The second kappa shape index (κ2) is 10.1. The molecular formula is C24H25F5N2O4. The lowest BCUT2D eigenvalue weighted by Crippen LogP contribution is -2.33. The second-order valence-corrected chi connectivity index (χ2v) is 8.20. The van der Waals surface area contributed by atoms with Crippen molar-refractivity contribution in [3.63, 3.8) is 0 Å². The molecule has 2 aromatic carbocycles. The fourth-order valence-corrected chi connectivity index (χ4v) is 3.57. The van der Waals surface area contributed by atoms with Crippen molar-refractivity contribution >= 4 is 17.5 Å². The van der Waals surface area contributed by atoms with Crippen molar-refractivity contribution in [2.24, 2.45) is 5.16 Å². The van der Waals surface area contributed by atoms with Crippen molar-refractivity contribution in [1.82, 2.24) is 0 Å². The van der Waals surface area contributed by atoms with Crippen molar-refractivity contribution in [3.8, 4) is 5.75 Å². The number of esters is 1. The van der Waals surface area contributed by atoms with Crippen molar-refractivity contribution in [2.45, 2.75) is 52.3 Å². The summed E-state index contributed by atoms with van der Waals surface area (Å²) in [5.41, 5.74) is 0.407. The van der Waals surface area contributed by atoms with Crippen molar-refractivity contribution in [1.29, 1.82) is 0 Å². The minimum absolute atomic E-state index is 0.140. The van der Waals surface area contributed by atoms with Crippen LogP contribution in [0, 0.1) is 6.92 Å². The SMILES string of the molecule is CCOC(=O)C(F)(F)Cc1ccc(C2=NOCN2c2ccc(OC(C)C)c(C(F)(F)F)c2)c(C)c1. The van der Waals surface area contributed by atoms with E-state index in [1.165, 1.54) is 42.2 Å². The first-order valence-electron chi connectivity index (χ1n) is 10.8. The Bertz CT molecular complexity index is 1120. The highest BCUT2D eigenvalue weighted by molar-refractivity contribution is 6.11. The normalized spacial score (nSPS) is 14.1. The number of carbonyl (C=O) groups excluding carboxylic acids is 1. The van der Waals surface area contributed by atoms with Gasteiger partial charge in [-0.05, 0) is 57.0 Å². The van der Waals surface area contributed by atoms with E-state index in [-0.39, 0.29) is 36.2 Å². The molecule has 0 unspecified atom stereocenters. The number of aryl methyl sites for hydroxylation is 1. The molecule has 0 aromatic heterocycles. The number of rotatable bonds is 8. The van der Waals surface area contributed by atoms with Gasteiger partial charge in [-0.15, -0.1) is 0 Å². The van der Waals surface area contributed by atoms with Gasteiger partial charge in [0.2, 0.25) is 0 Å². The van der Waals surface area contributed by atoms with Gasteiger partial charge in [0.1, 0.15) is 5.75 Å². The minimum Gasteiger partial charge on any atom is -0.490 e. The number of benzene rings is 2. The van der Waals surface area contributed by atoms with E-state index < -0.39 is 36.2 Å². The Morgan fingerprint density at radius 3 is 2.46 bits per heavy atom. The predicted molar refractivity (Wildman–Crippen MR) is 119 cm³/mol. The number of hydrogen-bond acceptors (Lipinski definition) is 6. The molecular weight excluding hydrogens is 475 g/mol. The summed E-state index contributed by atoms with van der Waals surface area (Å²) in [5.74, 6) is -5.38. The van der Waals surface area contributed by atoms with Crippen LogP contribution in [0.1, 0.15) is 43.0 Å². The zero-order valence-corrected chi connectivity index (χ0v) is 19.6. The number of carbonyl (C=O) groups is 1. The number of ether oxygens (including phenoxy) is 2. The van der Waals surface area contributed by atoms with Crippen LogP contribution in [-0.2, 0) is 27.0 Å². The largest absolute Gasteiger partial charge is 0.490 e. The predicted octanol–water partition coefficient (Wildman–Crippen LogP) is 5.70. The Balaban J connectivity index is 1.90. The molecule has 190 valence electrons. The molecule has 6 nitrogen and oxygen atoms in total. The molecule has 1 heterocycles. The van der Waals surface area contributed by atoms with E-state index in [4.69, 9.17) is 9.57 Å². The topological polar surface area (TPSA) is 60.4 Å². The van der Waals surface area contributed by atoms with E-state index in [1.807, 2.05) is 0 Å². The Morgan fingerprint density at radius 1 is 1.14 bits per heavy atom. The molecule has 0 aliphatic carbocycles. The van der Waals surface area contributed by atoms with E-state index in [0.717, 1.165) is 6.07 Å². The fraction of sp³-hybridized carbons (Fsp3) is 0.417. The van der Waals surface area contributed by atoms with Gasteiger partial charge >= 0.3 is 18.1 Å². The fourth-order valence-electron chi connectivity index (χ4n) is 3.57. The smallest absolute Gasteiger partial charge is 0.420 e. The molecule has 3 rings (SSSR count).